The molecule has 0 spiro atoms. The van der Waals surface area contributed by atoms with Crippen LogP contribution in [0, 0.1) is 31.1 Å². The smallest absolute Gasteiger partial charge is 0.189 e. The van der Waals surface area contributed by atoms with Crippen molar-refractivity contribution in [3.63, 3.8) is 0 Å². The average molecular weight is 231 g/mol. The summed E-state index contributed by atoms with van der Waals surface area (Å²) in [6.45, 7) is 4.99. The van der Waals surface area contributed by atoms with Crippen LogP contribution >= 0.6 is 0 Å². The van der Waals surface area contributed by atoms with Gasteiger partial charge < -0.3 is 9.47 Å². The highest BCUT2D eigenvalue weighted by Crippen LogP contribution is 2.29. The van der Waals surface area contributed by atoms with Crippen molar-refractivity contribution in [2.45, 2.75) is 26.7 Å². The van der Waals surface area contributed by atoms with Gasteiger partial charge >= 0.3 is 0 Å². The molecular weight excluding hydrogens is 214 g/mol. The lowest BCUT2D eigenvalue weighted by atomic mass is 10.1. The van der Waals surface area contributed by atoms with Crippen molar-refractivity contribution in [1.82, 2.24) is 0 Å². The molecule has 0 amide bonds. The third-order valence-corrected chi connectivity index (χ3v) is 2.93. The largest absolute Gasteiger partial charge is 0.467 e. The highest BCUT2D eigenvalue weighted by atomic mass is 16.7. The van der Waals surface area contributed by atoms with Gasteiger partial charge in [0, 0.05) is 0 Å². The van der Waals surface area contributed by atoms with Crippen LogP contribution in [0.25, 0.3) is 0 Å². The van der Waals surface area contributed by atoms with Crippen LogP contribution in [0.15, 0.2) is 12.1 Å². The van der Waals surface area contributed by atoms with Gasteiger partial charge in [0.2, 0.25) is 0 Å². The second kappa shape index (κ2) is 5.20. The summed E-state index contributed by atoms with van der Waals surface area (Å²) in [5.74, 6) is 1.58. The molecule has 0 atom stereocenters. The molecule has 0 aliphatic heterocycles. The second-order valence-corrected chi connectivity index (χ2v) is 4.63. The molecule has 90 valence electrons. The molecule has 0 saturated heterocycles. The molecule has 2 rings (SSSR count). The van der Waals surface area contributed by atoms with Crippen LogP contribution in [0.2, 0.25) is 0 Å². The molecule has 1 saturated carbocycles. The highest BCUT2D eigenvalue weighted by molar-refractivity contribution is 5.47. The molecule has 1 aliphatic carbocycles. The van der Waals surface area contributed by atoms with Crippen molar-refractivity contribution in [2.24, 2.45) is 5.92 Å². The molecule has 3 nitrogen and oxygen atoms in total. The maximum atomic E-state index is 8.84. The van der Waals surface area contributed by atoms with E-state index in [0.717, 1.165) is 29.4 Å². The standard InChI is InChI=1S/C14H17NO2/c1-10-5-13(7-15)6-11(2)14(10)17-9-16-8-12-3-4-12/h5-6,12H,3-4,8-9H2,1-2H3. The number of rotatable bonds is 5. The van der Waals surface area contributed by atoms with Crippen molar-refractivity contribution in [3.8, 4) is 11.8 Å². The third kappa shape index (κ3) is 3.21. The van der Waals surface area contributed by atoms with Gasteiger partial charge in [0.1, 0.15) is 5.75 Å². The second-order valence-electron chi connectivity index (χ2n) is 4.63. The van der Waals surface area contributed by atoms with Crippen LogP contribution in [-0.2, 0) is 4.74 Å². The van der Waals surface area contributed by atoms with Gasteiger partial charge in [-0.25, -0.2) is 0 Å². The minimum atomic E-state index is 0.296. The summed E-state index contributed by atoms with van der Waals surface area (Å²) in [6.07, 6.45) is 2.57. The van der Waals surface area contributed by atoms with Crippen LogP contribution in [0.1, 0.15) is 29.5 Å². The molecule has 0 heterocycles. The zero-order chi connectivity index (χ0) is 12.3. The van der Waals surface area contributed by atoms with Crippen molar-refractivity contribution in [3.05, 3.63) is 28.8 Å². The summed E-state index contributed by atoms with van der Waals surface area (Å²) in [7, 11) is 0. The molecule has 0 unspecified atom stereocenters. The molecule has 3 heteroatoms. The lowest BCUT2D eigenvalue weighted by molar-refractivity contribution is 0.00923. The maximum absolute atomic E-state index is 8.84. The van der Waals surface area contributed by atoms with Gasteiger partial charge in [-0.15, -0.1) is 0 Å². The van der Waals surface area contributed by atoms with Crippen molar-refractivity contribution >= 4 is 0 Å². The van der Waals surface area contributed by atoms with E-state index in [1.165, 1.54) is 12.8 Å². The van der Waals surface area contributed by atoms with Gasteiger partial charge in [-0.2, -0.15) is 5.26 Å². The summed E-state index contributed by atoms with van der Waals surface area (Å²) >= 11 is 0. The van der Waals surface area contributed by atoms with Gasteiger partial charge in [-0.3, -0.25) is 0 Å². The number of ether oxygens (including phenoxy) is 2. The average Bonchev–Trinajstić information content (AvgIpc) is 3.10. The van der Waals surface area contributed by atoms with Gasteiger partial charge in [0.05, 0.1) is 18.2 Å². The lowest BCUT2D eigenvalue weighted by Crippen LogP contribution is -2.07. The van der Waals surface area contributed by atoms with E-state index in [1.54, 1.807) is 0 Å². The van der Waals surface area contributed by atoms with E-state index in [0.29, 0.717) is 12.4 Å². The quantitative estimate of drug-likeness (QED) is 0.578. The Bertz CT molecular complexity index is 421. The molecular formula is C14H17NO2. The molecule has 0 aromatic heterocycles. The highest BCUT2D eigenvalue weighted by Gasteiger charge is 2.21. The minimum absolute atomic E-state index is 0.296. The van der Waals surface area contributed by atoms with E-state index < -0.39 is 0 Å². The van der Waals surface area contributed by atoms with E-state index in [2.05, 4.69) is 6.07 Å². The van der Waals surface area contributed by atoms with Crippen molar-refractivity contribution in [2.75, 3.05) is 13.4 Å². The fourth-order valence-electron chi connectivity index (χ4n) is 1.84. The Morgan fingerprint density at radius 3 is 2.47 bits per heavy atom. The number of hydrogen-bond donors (Lipinski definition) is 0. The van der Waals surface area contributed by atoms with E-state index in [-0.39, 0.29) is 0 Å². The first-order chi connectivity index (χ1) is 8.20. The first kappa shape index (κ1) is 11.9. The molecule has 1 aliphatic rings. The molecule has 0 N–H and O–H groups in total. The molecule has 0 bridgehead atoms. The van der Waals surface area contributed by atoms with Gasteiger partial charge in [0.15, 0.2) is 6.79 Å². The first-order valence-electron chi connectivity index (χ1n) is 5.92. The van der Waals surface area contributed by atoms with Crippen molar-refractivity contribution < 1.29 is 9.47 Å². The zero-order valence-electron chi connectivity index (χ0n) is 10.3. The summed E-state index contributed by atoms with van der Waals surface area (Å²) in [5.41, 5.74) is 2.64. The van der Waals surface area contributed by atoms with Crippen LogP contribution in [-0.4, -0.2) is 13.4 Å². The normalized spacial score (nSPS) is 14.4. The number of nitriles is 1. The minimum Gasteiger partial charge on any atom is -0.467 e. The molecule has 1 fully saturated rings. The Morgan fingerprint density at radius 2 is 1.94 bits per heavy atom. The Morgan fingerprint density at radius 1 is 1.29 bits per heavy atom. The van der Waals surface area contributed by atoms with Gasteiger partial charge in [0.25, 0.3) is 0 Å². The summed E-state index contributed by atoms with van der Waals surface area (Å²) in [4.78, 5) is 0. The van der Waals surface area contributed by atoms with Gasteiger partial charge in [-0.05, 0) is 55.9 Å². The Kier molecular flexibility index (Phi) is 3.65. The van der Waals surface area contributed by atoms with Crippen LogP contribution in [0.5, 0.6) is 5.75 Å². The fraction of sp³-hybridized carbons (Fsp3) is 0.500. The molecule has 1 aromatic rings. The van der Waals surface area contributed by atoms with E-state index in [4.69, 9.17) is 14.7 Å². The third-order valence-electron chi connectivity index (χ3n) is 2.93. The zero-order valence-corrected chi connectivity index (χ0v) is 10.3. The van der Waals surface area contributed by atoms with E-state index >= 15 is 0 Å². The Hall–Kier alpha value is -1.53. The predicted octanol–water partition coefficient (Wildman–Crippen LogP) is 2.94. The summed E-state index contributed by atoms with van der Waals surface area (Å²) < 4.78 is 11.1. The first-order valence-corrected chi connectivity index (χ1v) is 5.92. The number of hydrogen-bond acceptors (Lipinski definition) is 3. The number of nitrogens with zero attached hydrogens (tertiary/aromatic N) is 1. The fourth-order valence-corrected chi connectivity index (χ4v) is 1.84. The van der Waals surface area contributed by atoms with Crippen LogP contribution in [0.4, 0.5) is 0 Å². The predicted molar refractivity (Wildman–Crippen MR) is 64.8 cm³/mol. The monoisotopic (exact) mass is 231 g/mol. The van der Waals surface area contributed by atoms with Crippen LogP contribution < -0.4 is 4.74 Å². The molecule has 17 heavy (non-hydrogen) atoms. The SMILES string of the molecule is Cc1cc(C#N)cc(C)c1OCOCC1CC1. The number of aryl methyl sites for hydroxylation is 2. The Labute approximate surface area is 102 Å². The van der Waals surface area contributed by atoms with Gasteiger partial charge in [-0.1, -0.05) is 0 Å². The van der Waals surface area contributed by atoms with E-state index in [1.807, 2.05) is 26.0 Å². The summed E-state index contributed by atoms with van der Waals surface area (Å²) in [6, 6.07) is 5.81. The molecule has 1 aromatic carbocycles. The lowest BCUT2D eigenvalue weighted by Gasteiger charge is -2.12. The van der Waals surface area contributed by atoms with Crippen molar-refractivity contribution in [1.29, 1.82) is 5.26 Å². The molecule has 0 radical (unpaired) electrons. The summed E-state index contributed by atoms with van der Waals surface area (Å²) in [5, 5.41) is 8.84. The van der Waals surface area contributed by atoms with Crippen LogP contribution in [0.3, 0.4) is 0 Å². The number of benzene rings is 1. The topological polar surface area (TPSA) is 42.2 Å². The maximum Gasteiger partial charge on any atom is 0.189 e. The van der Waals surface area contributed by atoms with E-state index in [9.17, 15) is 0 Å². The Balaban J connectivity index is 1.92.